The second-order valence-electron chi connectivity index (χ2n) is 9.70. The van der Waals surface area contributed by atoms with Gasteiger partial charge in [0.15, 0.2) is 5.69 Å². The molecular weight excluding hydrogens is 502 g/mol. The number of hydrogen-bond acceptors (Lipinski definition) is 5. The SMILES string of the molecule is CC(C)(O)C=Cc1ccc(-n2nc(C(N)=O)c3c2-c2cc(NC(=O)c4cccnc4Cl)ccc2CC3)cc1. The molecule has 0 radical (unpaired) electrons. The van der Waals surface area contributed by atoms with E-state index in [1.807, 2.05) is 48.5 Å². The molecule has 0 saturated heterocycles. The van der Waals surface area contributed by atoms with Gasteiger partial charge in [0.2, 0.25) is 0 Å². The van der Waals surface area contributed by atoms with E-state index < -0.39 is 11.5 Å². The van der Waals surface area contributed by atoms with Crippen LogP contribution in [0.3, 0.4) is 0 Å². The lowest BCUT2D eigenvalue weighted by atomic mass is 9.88. The number of benzene rings is 2. The van der Waals surface area contributed by atoms with Crippen LogP contribution in [0.4, 0.5) is 5.69 Å². The molecule has 0 bridgehead atoms. The van der Waals surface area contributed by atoms with Crippen molar-refractivity contribution >= 4 is 35.2 Å². The van der Waals surface area contributed by atoms with E-state index in [0.717, 1.165) is 33.6 Å². The number of pyridine rings is 1. The molecule has 0 unspecified atom stereocenters. The number of aromatic nitrogens is 3. The largest absolute Gasteiger partial charge is 0.386 e. The molecule has 0 saturated carbocycles. The molecule has 9 heteroatoms. The van der Waals surface area contributed by atoms with Crippen molar-refractivity contribution in [2.24, 2.45) is 5.73 Å². The summed E-state index contributed by atoms with van der Waals surface area (Å²) in [5.74, 6) is -0.969. The van der Waals surface area contributed by atoms with Gasteiger partial charge < -0.3 is 16.2 Å². The van der Waals surface area contributed by atoms with Crippen LogP contribution >= 0.6 is 11.6 Å². The lowest BCUT2D eigenvalue weighted by Gasteiger charge is -2.20. The summed E-state index contributed by atoms with van der Waals surface area (Å²) in [6.45, 7) is 3.41. The number of primary amides is 1. The summed E-state index contributed by atoms with van der Waals surface area (Å²) in [5.41, 5.74) is 11.0. The normalized spacial score (nSPS) is 12.7. The van der Waals surface area contributed by atoms with E-state index in [0.29, 0.717) is 18.5 Å². The molecule has 0 aliphatic heterocycles. The Morgan fingerprint density at radius 3 is 2.58 bits per heavy atom. The Morgan fingerprint density at radius 1 is 1.13 bits per heavy atom. The maximum Gasteiger partial charge on any atom is 0.269 e. The Morgan fingerprint density at radius 2 is 1.89 bits per heavy atom. The molecule has 5 rings (SSSR count). The van der Waals surface area contributed by atoms with Gasteiger partial charge in [0.05, 0.1) is 22.5 Å². The van der Waals surface area contributed by atoms with Gasteiger partial charge in [0.1, 0.15) is 5.15 Å². The lowest BCUT2D eigenvalue weighted by molar-refractivity contribution is 0.0992. The number of aliphatic hydroxyl groups is 1. The van der Waals surface area contributed by atoms with Crippen molar-refractivity contribution < 1.29 is 14.7 Å². The molecule has 1 aliphatic rings. The minimum Gasteiger partial charge on any atom is -0.386 e. The molecule has 4 N–H and O–H groups in total. The Labute approximate surface area is 224 Å². The van der Waals surface area contributed by atoms with Crippen molar-refractivity contribution in [3.8, 4) is 16.9 Å². The Kier molecular flexibility index (Phi) is 6.60. The molecule has 2 heterocycles. The maximum absolute atomic E-state index is 12.8. The summed E-state index contributed by atoms with van der Waals surface area (Å²) in [6.07, 6.45) is 6.40. The molecule has 0 spiro atoms. The molecule has 2 aromatic carbocycles. The molecule has 8 nitrogen and oxygen atoms in total. The van der Waals surface area contributed by atoms with E-state index in [-0.39, 0.29) is 22.3 Å². The van der Waals surface area contributed by atoms with Crippen LogP contribution in [-0.4, -0.2) is 37.3 Å². The monoisotopic (exact) mass is 527 g/mol. The molecule has 2 aromatic heterocycles. The van der Waals surface area contributed by atoms with Crippen molar-refractivity contribution in [2.45, 2.75) is 32.3 Å². The van der Waals surface area contributed by atoms with E-state index >= 15 is 0 Å². The minimum atomic E-state index is -0.921. The summed E-state index contributed by atoms with van der Waals surface area (Å²) in [7, 11) is 0. The number of hydrogen-bond donors (Lipinski definition) is 3. The van der Waals surface area contributed by atoms with Crippen molar-refractivity contribution in [1.29, 1.82) is 0 Å². The van der Waals surface area contributed by atoms with Gasteiger partial charge in [-0.1, -0.05) is 42.0 Å². The lowest BCUT2D eigenvalue weighted by Crippen LogP contribution is -2.16. The van der Waals surface area contributed by atoms with E-state index in [1.54, 1.807) is 36.7 Å². The first-order valence-electron chi connectivity index (χ1n) is 12.1. The highest BCUT2D eigenvalue weighted by Gasteiger charge is 2.28. The van der Waals surface area contributed by atoms with Gasteiger partial charge in [0, 0.05) is 23.0 Å². The van der Waals surface area contributed by atoms with Gasteiger partial charge in [-0.2, -0.15) is 5.10 Å². The summed E-state index contributed by atoms with van der Waals surface area (Å²) in [6, 6.07) is 16.5. The molecule has 0 fully saturated rings. The van der Waals surface area contributed by atoms with Gasteiger partial charge in [-0.15, -0.1) is 0 Å². The fraction of sp³-hybridized carbons (Fsp3) is 0.172. The van der Waals surface area contributed by atoms with Crippen molar-refractivity contribution in [3.63, 3.8) is 0 Å². The average Bonchev–Trinajstić information content (AvgIpc) is 3.28. The molecule has 1 aliphatic carbocycles. The van der Waals surface area contributed by atoms with Crippen molar-refractivity contribution in [2.75, 3.05) is 5.32 Å². The highest BCUT2D eigenvalue weighted by Crippen LogP contribution is 2.38. The van der Waals surface area contributed by atoms with E-state index in [4.69, 9.17) is 17.3 Å². The number of anilines is 1. The van der Waals surface area contributed by atoms with Gasteiger partial charge >= 0.3 is 0 Å². The van der Waals surface area contributed by atoms with Crippen LogP contribution in [0.1, 0.15) is 51.4 Å². The standard InChI is InChI=1S/C29H26ClN5O3/c1-29(2,38)14-13-17-5-10-20(11-6-17)35-25-21(24(34-35)27(31)36)12-8-18-7-9-19(16-23(18)25)33-28(37)22-4-3-15-32-26(22)30/h3-7,9-11,13-16,38H,8,12H2,1-2H3,(H2,31,36)(H,33,37). The first kappa shape index (κ1) is 25.4. The first-order chi connectivity index (χ1) is 18.1. The third kappa shape index (κ3) is 5.09. The number of nitrogens with one attached hydrogen (secondary N) is 1. The number of nitrogens with two attached hydrogens (primary N) is 1. The summed E-state index contributed by atoms with van der Waals surface area (Å²) >= 11 is 6.10. The van der Waals surface area contributed by atoms with Crippen LogP contribution in [-0.2, 0) is 12.8 Å². The quantitative estimate of drug-likeness (QED) is 0.310. The average molecular weight is 528 g/mol. The molecular formula is C29H26ClN5O3. The number of halogens is 1. The number of carbonyl (C=O) groups is 2. The second-order valence-corrected chi connectivity index (χ2v) is 10.1. The van der Waals surface area contributed by atoms with E-state index in [9.17, 15) is 14.7 Å². The molecule has 2 amide bonds. The van der Waals surface area contributed by atoms with Crippen LogP contribution in [0, 0.1) is 0 Å². The fourth-order valence-electron chi connectivity index (χ4n) is 4.48. The van der Waals surface area contributed by atoms with E-state index in [1.165, 1.54) is 6.20 Å². The van der Waals surface area contributed by atoms with Gasteiger partial charge in [-0.25, -0.2) is 9.67 Å². The highest BCUT2D eigenvalue weighted by atomic mass is 35.5. The van der Waals surface area contributed by atoms with Gasteiger partial charge in [0.25, 0.3) is 11.8 Å². The number of amides is 2. The van der Waals surface area contributed by atoms with E-state index in [2.05, 4.69) is 15.4 Å². The van der Waals surface area contributed by atoms with Crippen LogP contribution in [0.2, 0.25) is 5.15 Å². The zero-order valence-corrected chi connectivity index (χ0v) is 21.7. The van der Waals surface area contributed by atoms with Crippen molar-refractivity contribution in [1.82, 2.24) is 14.8 Å². The number of rotatable bonds is 6. The molecule has 4 aromatic rings. The maximum atomic E-state index is 12.8. The van der Waals surface area contributed by atoms with Gasteiger partial charge in [-0.05, 0) is 74.2 Å². The zero-order chi connectivity index (χ0) is 27.0. The Balaban J connectivity index is 1.55. The summed E-state index contributed by atoms with van der Waals surface area (Å²) in [5, 5.41) is 17.6. The third-order valence-electron chi connectivity index (χ3n) is 6.31. The van der Waals surface area contributed by atoms with Crippen LogP contribution in [0.5, 0.6) is 0 Å². The predicted molar refractivity (Wildman–Crippen MR) is 147 cm³/mol. The smallest absolute Gasteiger partial charge is 0.269 e. The topological polar surface area (TPSA) is 123 Å². The minimum absolute atomic E-state index is 0.121. The predicted octanol–water partition coefficient (Wildman–Crippen LogP) is 4.82. The van der Waals surface area contributed by atoms with Crippen LogP contribution < -0.4 is 11.1 Å². The Bertz CT molecular complexity index is 1580. The van der Waals surface area contributed by atoms with Gasteiger partial charge in [-0.3, -0.25) is 9.59 Å². The number of fused-ring (bicyclic) bond motifs is 3. The van der Waals surface area contributed by atoms with Crippen LogP contribution in [0.25, 0.3) is 23.0 Å². The summed E-state index contributed by atoms with van der Waals surface area (Å²) in [4.78, 5) is 29.1. The molecule has 38 heavy (non-hydrogen) atoms. The fourth-order valence-corrected chi connectivity index (χ4v) is 4.69. The molecule has 192 valence electrons. The Hall–Kier alpha value is -4.27. The van der Waals surface area contributed by atoms with Crippen molar-refractivity contribution in [3.05, 3.63) is 100.0 Å². The number of nitrogens with zero attached hydrogens (tertiary/aromatic N) is 3. The summed E-state index contributed by atoms with van der Waals surface area (Å²) < 4.78 is 1.72. The molecule has 0 atom stereocenters. The first-order valence-corrected chi connectivity index (χ1v) is 12.5. The van der Waals surface area contributed by atoms with Crippen LogP contribution in [0.15, 0.2) is 66.9 Å². The second kappa shape index (κ2) is 9.89. The zero-order valence-electron chi connectivity index (χ0n) is 20.9. The number of aryl methyl sites for hydroxylation is 1. The highest BCUT2D eigenvalue weighted by molar-refractivity contribution is 6.33. The third-order valence-corrected chi connectivity index (χ3v) is 6.61. The number of carbonyl (C=O) groups excluding carboxylic acids is 2.